The average molecular weight is 478 g/mol. The Morgan fingerprint density at radius 1 is 0.743 bits per heavy atom. The number of aromatic nitrogens is 4. The molecule has 0 aliphatic rings. The molecule has 2 heterocycles. The number of aromatic carboxylic acids is 1. The van der Waals surface area contributed by atoms with E-state index in [0.29, 0.717) is 11.4 Å². The molecule has 0 radical (unpaired) electrons. The number of carboxylic acids is 1. The van der Waals surface area contributed by atoms with Gasteiger partial charge in [0.2, 0.25) is 11.4 Å². The van der Waals surface area contributed by atoms with Crippen molar-refractivity contribution in [1.29, 1.82) is 0 Å². The molecule has 0 aliphatic carbocycles. The molecule has 0 saturated heterocycles. The third-order valence-electron chi connectivity index (χ3n) is 4.41. The second kappa shape index (κ2) is 10.6. The first-order valence-corrected chi connectivity index (χ1v) is 9.82. The highest BCUT2D eigenvalue weighted by atomic mass is 16.5. The van der Waals surface area contributed by atoms with Gasteiger partial charge in [-0.15, -0.1) is 0 Å². The lowest BCUT2D eigenvalue weighted by Crippen LogP contribution is -2.23. The van der Waals surface area contributed by atoms with E-state index < -0.39 is 40.3 Å². The number of hydrogen-bond acceptors (Lipinski definition) is 9. The molecule has 0 atom stereocenters. The maximum atomic E-state index is 11.7. The maximum absolute atomic E-state index is 11.7. The summed E-state index contributed by atoms with van der Waals surface area (Å²) >= 11 is 0. The van der Waals surface area contributed by atoms with E-state index in [9.17, 15) is 29.4 Å². The van der Waals surface area contributed by atoms with Gasteiger partial charge in [0.15, 0.2) is 11.5 Å². The summed E-state index contributed by atoms with van der Waals surface area (Å²) in [7, 11) is 1.17. The molecule has 3 N–H and O–H groups in total. The van der Waals surface area contributed by atoms with Gasteiger partial charge in [-0.2, -0.15) is 19.6 Å². The van der Waals surface area contributed by atoms with Gasteiger partial charge in [0.1, 0.15) is 0 Å². The molecule has 12 heteroatoms. The van der Waals surface area contributed by atoms with Crippen LogP contribution < -0.4 is 11.1 Å². The van der Waals surface area contributed by atoms with E-state index in [2.05, 4.69) is 14.9 Å². The van der Waals surface area contributed by atoms with E-state index in [0.717, 1.165) is 21.5 Å². The van der Waals surface area contributed by atoms with Crippen LogP contribution in [0.5, 0.6) is 11.5 Å². The van der Waals surface area contributed by atoms with Crippen molar-refractivity contribution in [1.82, 2.24) is 19.6 Å². The lowest BCUT2D eigenvalue weighted by Gasteiger charge is -2.07. The largest absolute Gasteiger partial charge is 0.505 e. The van der Waals surface area contributed by atoms with Crippen molar-refractivity contribution in [2.45, 2.75) is 0 Å². The SMILES string of the molecule is COC(=O)c1nn(-c2ccccc2)c(=O)cc1O.O=C(O)c1nn(-c2ccccc2)c(=O)cc1O. The molecule has 35 heavy (non-hydrogen) atoms. The molecule has 178 valence electrons. The van der Waals surface area contributed by atoms with Crippen molar-refractivity contribution in [2.24, 2.45) is 0 Å². The topological polar surface area (TPSA) is 174 Å². The predicted molar refractivity (Wildman–Crippen MR) is 121 cm³/mol. The third kappa shape index (κ3) is 5.57. The number of carbonyl (C=O) groups is 2. The molecule has 4 aromatic rings. The number of ether oxygens (including phenoxy) is 1. The number of carbonyl (C=O) groups excluding carboxylic acids is 1. The molecule has 12 nitrogen and oxygen atoms in total. The Balaban J connectivity index is 0.000000196. The smallest absolute Gasteiger partial charge is 0.362 e. The summed E-state index contributed by atoms with van der Waals surface area (Å²) < 4.78 is 6.41. The minimum atomic E-state index is -1.40. The minimum Gasteiger partial charge on any atom is -0.505 e. The summed E-state index contributed by atoms with van der Waals surface area (Å²) in [5.74, 6) is -3.35. The second-order valence-electron chi connectivity index (χ2n) is 6.72. The van der Waals surface area contributed by atoms with Crippen LogP contribution in [0.3, 0.4) is 0 Å². The number of esters is 1. The Kier molecular flexibility index (Phi) is 7.36. The monoisotopic (exact) mass is 478 g/mol. The normalized spacial score (nSPS) is 10.1. The number of carboxylic acid groups (broad SMARTS) is 1. The van der Waals surface area contributed by atoms with Gasteiger partial charge in [0.25, 0.3) is 11.1 Å². The van der Waals surface area contributed by atoms with E-state index >= 15 is 0 Å². The first kappa shape index (κ1) is 24.4. The minimum absolute atomic E-state index is 0.305. The first-order valence-electron chi connectivity index (χ1n) is 9.82. The van der Waals surface area contributed by atoms with Crippen LogP contribution in [-0.2, 0) is 4.74 Å². The van der Waals surface area contributed by atoms with Crippen molar-refractivity contribution in [3.63, 3.8) is 0 Å². The lowest BCUT2D eigenvalue weighted by molar-refractivity contribution is 0.0586. The number of hydrogen-bond donors (Lipinski definition) is 3. The summed E-state index contributed by atoms with van der Waals surface area (Å²) in [4.78, 5) is 45.4. The van der Waals surface area contributed by atoms with Gasteiger partial charge < -0.3 is 20.1 Å². The van der Waals surface area contributed by atoms with Gasteiger partial charge >= 0.3 is 11.9 Å². The van der Waals surface area contributed by atoms with E-state index in [1.165, 1.54) is 7.11 Å². The number of nitrogens with zero attached hydrogens (tertiary/aromatic N) is 4. The Labute approximate surface area is 196 Å². The van der Waals surface area contributed by atoms with Gasteiger partial charge in [0, 0.05) is 12.1 Å². The molecule has 2 aromatic carbocycles. The average Bonchev–Trinajstić information content (AvgIpc) is 2.85. The highest BCUT2D eigenvalue weighted by Gasteiger charge is 2.17. The molecule has 0 fully saturated rings. The van der Waals surface area contributed by atoms with Crippen LogP contribution >= 0.6 is 0 Å². The van der Waals surface area contributed by atoms with Crippen molar-refractivity contribution in [3.05, 3.63) is 105 Å². The summed E-state index contributed by atoms with van der Waals surface area (Å²) in [6, 6.07) is 18.7. The first-order chi connectivity index (χ1) is 16.7. The van der Waals surface area contributed by atoms with Crippen LogP contribution in [0.1, 0.15) is 21.0 Å². The van der Waals surface area contributed by atoms with Gasteiger partial charge in [-0.3, -0.25) is 9.59 Å². The van der Waals surface area contributed by atoms with Crippen LogP contribution in [0.4, 0.5) is 0 Å². The van der Waals surface area contributed by atoms with Crippen LogP contribution in [0.2, 0.25) is 0 Å². The van der Waals surface area contributed by atoms with E-state index in [-0.39, 0.29) is 5.69 Å². The molecule has 0 saturated carbocycles. The van der Waals surface area contributed by atoms with Crippen LogP contribution in [0.15, 0.2) is 82.4 Å². The quantitative estimate of drug-likeness (QED) is 0.363. The zero-order valence-electron chi connectivity index (χ0n) is 18.1. The fourth-order valence-electron chi connectivity index (χ4n) is 2.80. The lowest BCUT2D eigenvalue weighted by atomic mass is 10.3. The predicted octanol–water partition coefficient (Wildman–Crippen LogP) is 1.36. The standard InChI is InChI=1S/C12H10N2O4.C11H8N2O4/c1-18-12(17)11-9(15)7-10(16)14(13-11)8-5-3-2-4-6-8;14-8-6-9(15)13(12-10(8)11(16)17)7-4-2-1-3-5-7/h2-7,15H,1H3;1-6,14H,(H,16,17). The van der Waals surface area contributed by atoms with E-state index in [4.69, 9.17) is 5.11 Å². The van der Waals surface area contributed by atoms with Gasteiger partial charge in [-0.1, -0.05) is 36.4 Å². The second-order valence-corrected chi connectivity index (χ2v) is 6.72. The van der Waals surface area contributed by atoms with Gasteiger partial charge in [0.05, 0.1) is 18.5 Å². The third-order valence-corrected chi connectivity index (χ3v) is 4.41. The fraction of sp³-hybridized carbons (Fsp3) is 0.0435. The van der Waals surface area contributed by atoms with Gasteiger partial charge in [-0.25, -0.2) is 9.59 Å². The molecule has 0 amide bonds. The van der Waals surface area contributed by atoms with Crippen molar-refractivity contribution in [3.8, 4) is 22.9 Å². The van der Waals surface area contributed by atoms with E-state index in [1.807, 2.05) is 0 Å². The zero-order chi connectivity index (χ0) is 25.5. The number of para-hydroxylation sites is 2. The number of aromatic hydroxyl groups is 2. The summed E-state index contributed by atoms with van der Waals surface area (Å²) in [6.07, 6.45) is 0. The Hall–Kier alpha value is -5.26. The highest BCUT2D eigenvalue weighted by Crippen LogP contribution is 2.14. The molecular formula is C23H18N4O8. The molecule has 2 aromatic heterocycles. The molecule has 4 rings (SSSR count). The number of methoxy groups -OCH3 is 1. The fourth-order valence-corrected chi connectivity index (χ4v) is 2.80. The molecular weight excluding hydrogens is 460 g/mol. The Morgan fingerprint density at radius 2 is 1.14 bits per heavy atom. The van der Waals surface area contributed by atoms with Crippen LogP contribution in [0, 0.1) is 0 Å². The molecule has 0 bridgehead atoms. The van der Waals surface area contributed by atoms with Crippen molar-refractivity contribution < 1.29 is 29.6 Å². The molecule has 0 unspecified atom stereocenters. The Morgan fingerprint density at radius 3 is 1.54 bits per heavy atom. The maximum Gasteiger partial charge on any atom is 0.362 e. The summed E-state index contributed by atoms with van der Waals surface area (Å²) in [6.45, 7) is 0. The van der Waals surface area contributed by atoms with E-state index in [1.54, 1.807) is 60.7 Å². The summed E-state index contributed by atoms with van der Waals surface area (Å²) in [5, 5.41) is 34.9. The molecule has 0 aliphatic heterocycles. The summed E-state index contributed by atoms with van der Waals surface area (Å²) in [5.41, 5.74) is -1.08. The van der Waals surface area contributed by atoms with Crippen molar-refractivity contribution in [2.75, 3.05) is 7.11 Å². The van der Waals surface area contributed by atoms with Crippen LogP contribution in [0.25, 0.3) is 11.4 Å². The molecule has 0 spiro atoms. The van der Waals surface area contributed by atoms with Gasteiger partial charge in [-0.05, 0) is 24.3 Å². The van der Waals surface area contributed by atoms with Crippen molar-refractivity contribution >= 4 is 11.9 Å². The number of benzene rings is 2. The number of rotatable bonds is 4. The Bertz CT molecular complexity index is 1480. The van der Waals surface area contributed by atoms with Crippen LogP contribution in [-0.4, -0.2) is 53.9 Å². The zero-order valence-corrected chi connectivity index (χ0v) is 18.1. The highest BCUT2D eigenvalue weighted by molar-refractivity contribution is 5.89.